The van der Waals surface area contributed by atoms with Crippen LogP contribution in [-0.4, -0.2) is 40.3 Å². The molecule has 2 heterocycles. The molecule has 0 fully saturated rings. The number of carbonyl (C=O) groups excluding carboxylic acids is 2. The van der Waals surface area contributed by atoms with Crippen molar-refractivity contribution in [3.05, 3.63) is 84.6 Å². The van der Waals surface area contributed by atoms with Gasteiger partial charge in [0, 0.05) is 22.9 Å². The van der Waals surface area contributed by atoms with Gasteiger partial charge in [-0.25, -0.2) is 4.79 Å². The van der Waals surface area contributed by atoms with Gasteiger partial charge in [0.25, 0.3) is 17.2 Å². The van der Waals surface area contributed by atoms with E-state index in [0.717, 1.165) is 22.1 Å². The first-order valence-corrected chi connectivity index (χ1v) is 11.6. The Kier molecular flexibility index (Phi) is 6.99. The van der Waals surface area contributed by atoms with E-state index in [1.54, 1.807) is 31.2 Å². The monoisotopic (exact) mass is 528 g/mol. The summed E-state index contributed by atoms with van der Waals surface area (Å²) in [5.74, 6) is -0.963. The van der Waals surface area contributed by atoms with Gasteiger partial charge in [-0.15, -0.1) is 11.3 Å². The van der Waals surface area contributed by atoms with E-state index in [1.165, 1.54) is 24.6 Å². The number of anilines is 1. The van der Waals surface area contributed by atoms with Crippen LogP contribution in [0.1, 0.15) is 27.8 Å². The minimum atomic E-state index is -0.766. The van der Waals surface area contributed by atoms with Gasteiger partial charge in [0.2, 0.25) is 0 Å². The summed E-state index contributed by atoms with van der Waals surface area (Å²) in [5.41, 5.74) is -0.852. The van der Waals surface area contributed by atoms with E-state index >= 15 is 0 Å². The summed E-state index contributed by atoms with van der Waals surface area (Å²) in [5, 5.41) is 19.7. The minimum Gasteiger partial charge on any atom is -0.497 e. The van der Waals surface area contributed by atoms with E-state index in [-0.39, 0.29) is 44.3 Å². The van der Waals surface area contributed by atoms with Crippen molar-refractivity contribution >= 4 is 56.3 Å². The van der Waals surface area contributed by atoms with E-state index in [4.69, 9.17) is 21.1 Å². The number of amides is 1. The van der Waals surface area contributed by atoms with E-state index in [0.29, 0.717) is 11.4 Å². The minimum absolute atomic E-state index is 0.0107. The number of non-ortho nitro benzene ring substituents is 1. The number of halogens is 1. The summed E-state index contributed by atoms with van der Waals surface area (Å²) >= 11 is 7.08. The molecule has 11 nitrogen and oxygen atoms in total. The lowest BCUT2D eigenvalue weighted by atomic mass is 10.1. The van der Waals surface area contributed by atoms with Gasteiger partial charge in [-0.05, 0) is 37.3 Å². The number of hydrogen-bond donors (Lipinski definition) is 1. The Bertz CT molecular complexity index is 1560. The summed E-state index contributed by atoms with van der Waals surface area (Å²) in [6, 6.07) is 9.86. The molecule has 0 saturated carbocycles. The molecule has 1 amide bonds. The molecule has 0 atom stereocenters. The molecule has 4 rings (SSSR count). The Morgan fingerprint density at radius 3 is 2.58 bits per heavy atom. The number of nitro groups is 1. The van der Waals surface area contributed by atoms with Crippen LogP contribution in [0.15, 0.2) is 52.6 Å². The zero-order valence-corrected chi connectivity index (χ0v) is 20.4. The van der Waals surface area contributed by atoms with Crippen molar-refractivity contribution < 1.29 is 24.0 Å². The second kappa shape index (κ2) is 10.1. The van der Waals surface area contributed by atoms with Crippen molar-refractivity contribution in [1.82, 2.24) is 9.78 Å². The number of fused-ring (bicyclic) bond motifs is 1. The summed E-state index contributed by atoms with van der Waals surface area (Å²) in [6.07, 6.45) is 0. The maximum atomic E-state index is 13.5. The van der Waals surface area contributed by atoms with Crippen LogP contribution in [0, 0.1) is 10.1 Å². The SMILES string of the molecule is CCOC(=O)c1nn(-c2ccc(OC)cc2)c(=O)c2c(NC(=O)c3cc([N+](=O)[O-])ccc3Cl)scc12. The van der Waals surface area contributed by atoms with Gasteiger partial charge in [-0.1, -0.05) is 11.6 Å². The highest BCUT2D eigenvalue weighted by atomic mass is 35.5. The second-order valence-electron chi connectivity index (χ2n) is 7.21. The number of nitro benzene ring substituents is 1. The van der Waals surface area contributed by atoms with Crippen molar-refractivity contribution in [2.75, 3.05) is 19.0 Å². The first-order chi connectivity index (χ1) is 17.2. The van der Waals surface area contributed by atoms with Crippen molar-refractivity contribution in [3.63, 3.8) is 0 Å². The van der Waals surface area contributed by atoms with Crippen LogP contribution in [0.2, 0.25) is 5.02 Å². The number of nitrogens with zero attached hydrogens (tertiary/aromatic N) is 3. The number of rotatable bonds is 7. The Morgan fingerprint density at radius 2 is 1.94 bits per heavy atom. The van der Waals surface area contributed by atoms with Crippen molar-refractivity contribution in [1.29, 1.82) is 0 Å². The van der Waals surface area contributed by atoms with Gasteiger partial charge in [0.15, 0.2) is 5.69 Å². The second-order valence-corrected chi connectivity index (χ2v) is 8.50. The molecular weight excluding hydrogens is 512 g/mol. The Balaban J connectivity index is 1.86. The highest BCUT2D eigenvalue weighted by Crippen LogP contribution is 2.32. The molecule has 2 aromatic heterocycles. The Labute approximate surface area is 212 Å². The van der Waals surface area contributed by atoms with Gasteiger partial charge in [0.1, 0.15) is 10.8 Å². The first kappa shape index (κ1) is 24.8. The van der Waals surface area contributed by atoms with Gasteiger partial charge in [-0.2, -0.15) is 9.78 Å². The summed E-state index contributed by atoms with van der Waals surface area (Å²) < 4.78 is 11.3. The van der Waals surface area contributed by atoms with Gasteiger partial charge < -0.3 is 14.8 Å². The fraction of sp³-hybridized carbons (Fsp3) is 0.130. The van der Waals surface area contributed by atoms with Gasteiger partial charge in [0.05, 0.1) is 40.3 Å². The summed E-state index contributed by atoms with van der Waals surface area (Å²) in [4.78, 5) is 49.6. The van der Waals surface area contributed by atoms with Crippen LogP contribution < -0.4 is 15.6 Å². The smallest absolute Gasteiger partial charge is 0.359 e. The van der Waals surface area contributed by atoms with Crippen molar-refractivity contribution in [2.24, 2.45) is 0 Å². The number of esters is 1. The lowest BCUT2D eigenvalue weighted by Crippen LogP contribution is -2.25. The maximum Gasteiger partial charge on any atom is 0.359 e. The topological polar surface area (TPSA) is 143 Å². The number of nitrogens with one attached hydrogen (secondary N) is 1. The lowest BCUT2D eigenvalue weighted by molar-refractivity contribution is -0.384. The molecule has 0 aliphatic rings. The molecule has 0 aliphatic heterocycles. The molecular formula is C23H17ClN4O7S. The van der Waals surface area contributed by atoms with Crippen molar-refractivity contribution in [3.8, 4) is 11.4 Å². The molecule has 184 valence electrons. The van der Waals surface area contributed by atoms with E-state index in [1.807, 2.05) is 0 Å². The Morgan fingerprint density at radius 1 is 1.22 bits per heavy atom. The molecule has 0 radical (unpaired) electrons. The van der Waals surface area contributed by atoms with E-state index in [9.17, 15) is 24.5 Å². The summed E-state index contributed by atoms with van der Waals surface area (Å²) in [6.45, 7) is 1.72. The largest absolute Gasteiger partial charge is 0.497 e. The van der Waals surface area contributed by atoms with Crippen LogP contribution in [0.3, 0.4) is 0 Å². The van der Waals surface area contributed by atoms with Crippen LogP contribution in [0.25, 0.3) is 16.5 Å². The third-order valence-corrected chi connectivity index (χ3v) is 6.30. The van der Waals surface area contributed by atoms with Crippen LogP contribution in [0.5, 0.6) is 5.75 Å². The van der Waals surface area contributed by atoms with Crippen LogP contribution in [-0.2, 0) is 4.74 Å². The van der Waals surface area contributed by atoms with Gasteiger partial charge in [-0.3, -0.25) is 19.7 Å². The molecule has 2 aromatic carbocycles. The third-order valence-electron chi connectivity index (χ3n) is 5.07. The highest BCUT2D eigenvalue weighted by molar-refractivity contribution is 7.16. The van der Waals surface area contributed by atoms with Crippen LogP contribution in [0.4, 0.5) is 10.7 Å². The molecule has 0 saturated heterocycles. The number of benzene rings is 2. The molecule has 0 spiro atoms. The van der Waals surface area contributed by atoms with Crippen LogP contribution >= 0.6 is 22.9 Å². The van der Waals surface area contributed by atoms with E-state index < -0.39 is 22.4 Å². The number of ether oxygens (including phenoxy) is 2. The number of hydrogen-bond acceptors (Lipinski definition) is 9. The Hall–Kier alpha value is -4.29. The fourth-order valence-corrected chi connectivity index (χ4v) is 4.50. The molecule has 36 heavy (non-hydrogen) atoms. The average Bonchev–Trinajstić information content (AvgIpc) is 3.28. The maximum absolute atomic E-state index is 13.5. The zero-order valence-electron chi connectivity index (χ0n) is 18.8. The van der Waals surface area contributed by atoms with E-state index in [2.05, 4.69) is 10.4 Å². The van der Waals surface area contributed by atoms with Crippen molar-refractivity contribution in [2.45, 2.75) is 6.92 Å². The quantitative estimate of drug-likeness (QED) is 0.210. The fourth-order valence-electron chi connectivity index (χ4n) is 3.36. The highest BCUT2D eigenvalue weighted by Gasteiger charge is 2.24. The predicted molar refractivity (Wildman–Crippen MR) is 134 cm³/mol. The number of methoxy groups -OCH3 is 1. The number of aromatic nitrogens is 2. The zero-order chi connectivity index (χ0) is 26.0. The molecule has 4 aromatic rings. The molecule has 13 heteroatoms. The molecule has 0 unspecified atom stereocenters. The average molecular weight is 529 g/mol. The normalized spacial score (nSPS) is 10.8. The standard InChI is InChI=1S/C23H17ClN4O7S/c1-3-35-23(31)19-16-11-36-21(25-20(29)15-10-13(28(32)33)6-9-17(15)24)18(16)22(30)27(26-19)12-4-7-14(34-2)8-5-12/h4-11H,3H2,1-2H3,(H,25,29). The van der Waals surface area contributed by atoms with Gasteiger partial charge >= 0.3 is 5.97 Å². The third kappa shape index (κ3) is 4.63. The molecule has 0 bridgehead atoms. The molecule has 0 aliphatic carbocycles. The number of carbonyl (C=O) groups is 2. The predicted octanol–water partition coefficient (Wildman–Crippen LogP) is 4.45. The lowest BCUT2D eigenvalue weighted by Gasteiger charge is -2.10. The number of thiophene rings is 1. The summed E-state index contributed by atoms with van der Waals surface area (Å²) in [7, 11) is 1.50. The first-order valence-electron chi connectivity index (χ1n) is 10.4. The molecule has 1 N–H and O–H groups in total.